The zero-order chi connectivity index (χ0) is 12.5. The van der Waals surface area contributed by atoms with Crippen molar-refractivity contribution in [3.05, 3.63) is 29.8 Å². The van der Waals surface area contributed by atoms with Gasteiger partial charge in [-0.15, -0.1) is 0 Å². The third-order valence-corrected chi connectivity index (χ3v) is 5.40. The van der Waals surface area contributed by atoms with E-state index in [0.717, 1.165) is 17.8 Å². The molecule has 1 N–H and O–H groups in total. The van der Waals surface area contributed by atoms with Crippen LogP contribution in [0.4, 0.5) is 5.69 Å². The van der Waals surface area contributed by atoms with Crippen LogP contribution in [0.25, 0.3) is 0 Å². The van der Waals surface area contributed by atoms with Gasteiger partial charge in [0.05, 0.1) is 10.9 Å². The Morgan fingerprint density at radius 2 is 2.18 bits per heavy atom. The van der Waals surface area contributed by atoms with Gasteiger partial charge in [0.25, 0.3) is 0 Å². The third kappa shape index (κ3) is 2.45. The van der Waals surface area contributed by atoms with Crippen LogP contribution in [0, 0.1) is 6.92 Å². The Morgan fingerprint density at radius 3 is 2.76 bits per heavy atom. The number of sulfonamides is 1. The minimum Gasteiger partial charge on any atom is -0.315 e. The minimum absolute atomic E-state index is 0.298. The first-order valence-electron chi connectivity index (χ1n) is 5.77. The van der Waals surface area contributed by atoms with Crippen LogP contribution in [-0.4, -0.2) is 33.8 Å². The highest BCUT2D eigenvalue weighted by Gasteiger charge is 2.32. The Labute approximate surface area is 103 Å². The summed E-state index contributed by atoms with van der Waals surface area (Å²) in [4.78, 5) is 0. The molecule has 2 rings (SSSR count). The first-order valence-corrected chi connectivity index (χ1v) is 7.27. The molecule has 0 radical (unpaired) electrons. The van der Waals surface area contributed by atoms with Crippen molar-refractivity contribution < 1.29 is 8.42 Å². The molecule has 17 heavy (non-hydrogen) atoms. The van der Waals surface area contributed by atoms with Crippen molar-refractivity contribution >= 4 is 15.7 Å². The van der Waals surface area contributed by atoms with E-state index in [9.17, 15) is 8.42 Å². The van der Waals surface area contributed by atoms with E-state index in [-0.39, 0.29) is 5.25 Å². The maximum atomic E-state index is 12.3. The molecule has 0 spiro atoms. The monoisotopic (exact) mass is 254 g/mol. The van der Waals surface area contributed by atoms with Gasteiger partial charge in [-0.1, -0.05) is 12.1 Å². The summed E-state index contributed by atoms with van der Waals surface area (Å²) in [5, 5.41) is 2.79. The molecule has 1 atom stereocenters. The Hall–Kier alpha value is -1.07. The summed E-state index contributed by atoms with van der Waals surface area (Å²) in [5.41, 5.74) is 1.80. The zero-order valence-corrected chi connectivity index (χ0v) is 11.0. The predicted molar refractivity (Wildman–Crippen MR) is 69.8 cm³/mol. The standard InChI is InChI=1S/C12H18N2O2S/c1-10-4-3-5-11(8-10)14(2)17(15,16)12-6-7-13-9-12/h3-5,8,12-13H,6-7,9H2,1-2H3. The molecule has 1 fully saturated rings. The van der Waals surface area contributed by atoms with Crippen LogP contribution >= 0.6 is 0 Å². The fourth-order valence-electron chi connectivity index (χ4n) is 2.08. The second kappa shape index (κ2) is 4.66. The molecule has 0 amide bonds. The lowest BCUT2D eigenvalue weighted by molar-refractivity contribution is 0.581. The van der Waals surface area contributed by atoms with Gasteiger partial charge in [-0.3, -0.25) is 4.31 Å². The molecule has 5 heteroatoms. The summed E-state index contributed by atoms with van der Waals surface area (Å²) in [6.45, 7) is 3.30. The minimum atomic E-state index is -3.24. The van der Waals surface area contributed by atoms with Crippen LogP contribution < -0.4 is 9.62 Å². The molecule has 1 aromatic carbocycles. The van der Waals surface area contributed by atoms with Gasteiger partial charge in [0, 0.05) is 13.6 Å². The number of hydrogen-bond acceptors (Lipinski definition) is 3. The van der Waals surface area contributed by atoms with Crippen LogP contribution in [0.5, 0.6) is 0 Å². The fourth-order valence-corrected chi connectivity index (χ4v) is 3.68. The molecule has 0 saturated carbocycles. The van der Waals surface area contributed by atoms with E-state index in [0.29, 0.717) is 13.0 Å². The van der Waals surface area contributed by atoms with Crippen molar-refractivity contribution in [2.75, 3.05) is 24.4 Å². The van der Waals surface area contributed by atoms with Crippen molar-refractivity contribution in [1.82, 2.24) is 5.32 Å². The van der Waals surface area contributed by atoms with Gasteiger partial charge in [0.15, 0.2) is 0 Å². The Kier molecular flexibility index (Phi) is 3.40. The number of aryl methyl sites for hydroxylation is 1. The summed E-state index contributed by atoms with van der Waals surface area (Å²) in [6.07, 6.45) is 0.693. The molecule has 0 aliphatic carbocycles. The lowest BCUT2D eigenvalue weighted by atomic mass is 10.2. The molecular formula is C12H18N2O2S. The van der Waals surface area contributed by atoms with E-state index in [4.69, 9.17) is 0 Å². The molecular weight excluding hydrogens is 236 g/mol. The van der Waals surface area contributed by atoms with Gasteiger partial charge in [-0.25, -0.2) is 8.42 Å². The summed E-state index contributed by atoms with van der Waals surface area (Å²) >= 11 is 0. The summed E-state index contributed by atoms with van der Waals surface area (Å²) in [5.74, 6) is 0. The molecule has 4 nitrogen and oxygen atoms in total. The number of rotatable bonds is 3. The van der Waals surface area contributed by atoms with Gasteiger partial charge < -0.3 is 5.32 Å². The van der Waals surface area contributed by atoms with Crippen molar-refractivity contribution in [1.29, 1.82) is 0 Å². The normalized spacial score (nSPS) is 20.5. The summed E-state index contributed by atoms with van der Waals surface area (Å²) in [7, 11) is -1.61. The molecule has 1 aliphatic rings. The maximum Gasteiger partial charge on any atom is 0.239 e. The van der Waals surface area contributed by atoms with E-state index < -0.39 is 10.0 Å². The van der Waals surface area contributed by atoms with Gasteiger partial charge in [-0.05, 0) is 37.6 Å². The average molecular weight is 254 g/mol. The van der Waals surface area contributed by atoms with Crippen molar-refractivity contribution in [3.63, 3.8) is 0 Å². The lowest BCUT2D eigenvalue weighted by Crippen LogP contribution is -2.37. The SMILES string of the molecule is Cc1cccc(N(C)S(=O)(=O)C2CCNC2)c1. The first kappa shape index (κ1) is 12.4. The highest BCUT2D eigenvalue weighted by atomic mass is 32.2. The molecule has 94 valence electrons. The summed E-state index contributed by atoms with van der Waals surface area (Å²) < 4.78 is 26.1. The highest BCUT2D eigenvalue weighted by Crippen LogP contribution is 2.22. The van der Waals surface area contributed by atoms with Crippen LogP contribution in [0.15, 0.2) is 24.3 Å². The topological polar surface area (TPSA) is 49.4 Å². The van der Waals surface area contributed by atoms with Gasteiger partial charge >= 0.3 is 0 Å². The predicted octanol–water partition coefficient (Wildman–Crippen LogP) is 1.12. The number of nitrogens with zero attached hydrogens (tertiary/aromatic N) is 1. The van der Waals surface area contributed by atoms with Crippen molar-refractivity contribution in [3.8, 4) is 0 Å². The van der Waals surface area contributed by atoms with E-state index in [1.54, 1.807) is 7.05 Å². The lowest BCUT2D eigenvalue weighted by Gasteiger charge is -2.23. The molecule has 1 saturated heterocycles. The molecule has 0 aromatic heterocycles. The average Bonchev–Trinajstić information content (AvgIpc) is 2.82. The van der Waals surface area contributed by atoms with E-state index in [2.05, 4.69) is 5.32 Å². The quantitative estimate of drug-likeness (QED) is 0.879. The smallest absolute Gasteiger partial charge is 0.239 e. The molecule has 1 heterocycles. The van der Waals surface area contributed by atoms with E-state index in [1.807, 2.05) is 31.2 Å². The fraction of sp³-hybridized carbons (Fsp3) is 0.500. The molecule has 1 unspecified atom stereocenters. The number of anilines is 1. The second-order valence-corrected chi connectivity index (χ2v) is 6.71. The Bertz CT molecular complexity index is 493. The van der Waals surface area contributed by atoms with Crippen LogP contribution in [0.3, 0.4) is 0 Å². The van der Waals surface area contributed by atoms with Crippen LogP contribution in [-0.2, 0) is 10.0 Å². The van der Waals surface area contributed by atoms with E-state index in [1.165, 1.54) is 4.31 Å². The number of benzene rings is 1. The van der Waals surface area contributed by atoms with Gasteiger partial charge in [0.1, 0.15) is 0 Å². The number of nitrogens with one attached hydrogen (secondary N) is 1. The Balaban J connectivity index is 2.27. The largest absolute Gasteiger partial charge is 0.315 e. The van der Waals surface area contributed by atoms with Crippen molar-refractivity contribution in [2.24, 2.45) is 0 Å². The van der Waals surface area contributed by atoms with E-state index >= 15 is 0 Å². The van der Waals surface area contributed by atoms with Crippen LogP contribution in [0.2, 0.25) is 0 Å². The maximum absolute atomic E-state index is 12.3. The first-order chi connectivity index (χ1) is 8.01. The highest BCUT2D eigenvalue weighted by molar-refractivity contribution is 7.93. The molecule has 1 aromatic rings. The molecule has 1 aliphatic heterocycles. The van der Waals surface area contributed by atoms with Gasteiger partial charge in [0.2, 0.25) is 10.0 Å². The second-order valence-electron chi connectivity index (χ2n) is 4.47. The van der Waals surface area contributed by atoms with Crippen molar-refractivity contribution in [2.45, 2.75) is 18.6 Å². The van der Waals surface area contributed by atoms with Gasteiger partial charge in [-0.2, -0.15) is 0 Å². The Morgan fingerprint density at radius 1 is 1.41 bits per heavy atom. The van der Waals surface area contributed by atoms with Crippen LogP contribution in [0.1, 0.15) is 12.0 Å². The third-order valence-electron chi connectivity index (χ3n) is 3.18. The number of hydrogen-bond donors (Lipinski definition) is 1. The molecule has 0 bridgehead atoms. The summed E-state index contributed by atoms with van der Waals surface area (Å²) in [6, 6.07) is 7.55. The zero-order valence-electron chi connectivity index (χ0n) is 10.2.